The molecular weight excluding hydrogens is 516 g/mol. The Morgan fingerprint density at radius 2 is 1.54 bits per heavy atom. The second-order valence-corrected chi connectivity index (χ2v) is 11.5. The minimum atomic E-state index is -0.744. The summed E-state index contributed by atoms with van der Waals surface area (Å²) in [4.78, 5) is 42.4. The number of hydrogen-bond donors (Lipinski definition) is 0. The van der Waals surface area contributed by atoms with E-state index >= 15 is 0 Å². The van der Waals surface area contributed by atoms with Gasteiger partial charge in [0.1, 0.15) is 24.7 Å². The molecule has 4 aliphatic rings. The summed E-state index contributed by atoms with van der Waals surface area (Å²) in [5, 5.41) is 0. The molecule has 4 heterocycles. The van der Waals surface area contributed by atoms with Gasteiger partial charge in [0.2, 0.25) is 0 Å². The van der Waals surface area contributed by atoms with E-state index in [0.29, 0.717) is 55.3 Å². The van der Waals surface area contributed by atoms with Gasteiger partial charge in [-0.3, -0.25) is 19.3 Å². The Balaban J connectivity index is 1.09. The van der Waals surface area contributed by atoms with E-state index in [4.69, 9.17) is 9.47 Å². The highest BCUT2D eigenvalue weighted by Gasteiger charge is 2.47. The van der Waals surface area contributed by atoms with Gasteiger partial charge in [-0.05, 0) is 80.1 Å². The molecule has 0 saturated carbocycles. The Labute approximate surface area is 241 Å². The molecule has 41 heavy (non-hydrogen) atoms. The summed E-state index contributed by atoms with van der Waals surface area (Å²) >= 11 is 0. The molecule has 7 nitrogen and oxygen atoms in total. The van der Waals surface area contributed by atoms with E-state index in [1.807, 2.05) is 47.4 Å². The Hall–Kier alpha value is -3.97. The Bertz CT molecular complexity index is 1360. The Kier molecular flexibility index (Phi) is 7.88. The van der Waals surface area contributed by atoms with E-state index < -0.39 is 5.41 Å². The fourth-order valence-electron chi connectivity index (χ4n) is 6.49. The quantitative estimate of drug-likeness (QED) is 0.293. The molecule has 1 amide bonds. The number of benzene rings is 3. The minimum Gasteiger partial charge on any atom is -0.489 e. The molecule has 3 aromatic rings. The van der Waals surface area contributed by atoms with Crippen LogP contribution in [0.1, 0.15) is 57.5 Å². The van der Waals surface area contributed by atoms with Crippen LogP contribution in [0.3, 0.4) is 0 Å². The van der Waals surface area contributed by atoms with E-state index in [-0.39, 0.29) is 18.0 Å². The lowest BCUT2D eigenvalue weighted by atomic mass is 9.72. The van der Waals surface area contributed by atoms with Crippen molar-refractivity contribution in [3.05, 3.63) is 101 Å². The molecular formula is C34H36N2O5. The monoisotopic (exact) mass is 552 g/mol. The summed E-state index contributed by atoms with van der Waals surface area (Å²) in [7, 11) is 0. The largest absolute Gasteiger partial charge is 0.489 e. The topological polar surface area (TPSA) is 76.2 Å². The summed E-state index contributed by atoms with van der Waals surface area (Å²) in [6.45, 7) is 4.37. The summed E-state index contributed by atoms with van der Waals surface area (Å²) in [5.41, 5.74) is 2.40. The first-order valence-corrected chi connectivity index (χ1v) is 14.6. The lowest BCUT2D eigenvalue weighted by Crippen LogP contribution is -2.55. The van der Waals surface area contributed by atoms with Crippen molar-refractivity contribution in [2.75, 3.05) is 32.7 Å². The van der Waals surface area contributed by atoms with Gasteiger partial charge in [0.25, 0.3) is 5.91 Å². The van der Waals surface area contributed by atoms with Crippen molar-refractivity contribution in [1.82, 2.24) is 9.80 Å². The summed E-state index contributed by atoms with van der Waals surface area (Å²) in [6, 6.07) is 24.4. The first-order valence-electron chi connectivity index (χ1n) is 14.6. The Morgan fingerprint density at radius 3 is 2.15 bits per heavy atom. The number of carbonyl (C=O) groups is 3. The molecule has 7 rings (SSSR count). The van der Waals surface area contributed by atoms with E-state index in [1.54, 1.807) is 36.4 Å². The van der Waals surface area contributed by atoms with Crippen LogP contribution in [0, 0.1) is 5.92 Å². The van der Waals surface area contributed by atoms with Gasteiger partial charge in [0.15, 0.2) is 0 Å². The van der Waals surface area contributed by atoms with Crippen molar-refractivity contribution < 1.29 is 23.9 Å². The van der Waals surface area contributed by atoms with Gasteiger partial charge in [-0.1, -0.05) is 54.6 Å². The van der Waals surface area contributed by atoms with Gasteiger partial charge >= 0.3 is 5.97 Å². The average molecular weight is 553 g/mol. The molecule has 0 N–H and O–H groups in total. The lowest BCUT2D eigenvalue weighted by Gasteiger charge is -2.46. The third kappa shape index (κ3) is 5.77. The van der Waals surface area contributed by atoms with Crippen molar-refractivity contribution in [2.24, 2.45) is 5.92 Å². The van der Waals surface area contributed by atoms with Crippen molar-refractivity contribution in [3.63, 3.8) is 0 Å². The number of fused-ring (bicyclic) bond motifs is 3. The van der Waals surface area contributed by atoms with Crippen molar-refractivity contribution in [1.29, 1.82) is 0 Å². The molecule has 2 bridgehead atoms. The highest BCUT2D eigenvalue weighted by molar-refractivity contribution is 5.94. The van der Waals surface area contributed by atoms with Crippen LogP contribution in [-0.4, -0.2) is 66.8 Å². The molecule has 0 aromatic heterocycles. The van der Waals surface area contributed by atoms with E-state index in [1.165, 1.54) is 0 Å². The van der Waals surface area contributed by atoms with Gasteiger partial charge in [-0.15, -0.1) is 0 Å². The number of amides is 1. The number of carbonyl (C=O) groups excluding carboxylic acids is 3. The van der Waals surface area contributed by atoms with Crippen LogP contribution in [0.4, 0.5) is 0 Å². The number of esters is 1. The fourth-order valence-corrected chi connectivity index (χ4v) is 6.49. The summed E-state index contributed by atoms with van der Waals surface area (Å²) < 4.78 is 12.1. The predicted octanol–water partition coefficient (Wildman–Crippen LogP) is 4.89. The second kappa shape index (κ2) is 11.9. The summed E-state index contributed by atoms with van der Waals surface area (Å²) in [6.07, 6.45) is 4.03. The zero-order valence-electron chi connectivity index (χ0n) is 23.2. The molecule has 1 atom stereocenters. The van der Waals surface area contributed by atoms with Crippen LogP contribution in [0.15, 0.2) is 78.9 Å². The van der Waals surface area contributed by atoms with Gasteiger partial charge in [0.05, 0.1) is 5.41 Å². The summed E-state index contributed by atoms with van der Waals surface area (Å²) in [5.74, 6) is 0.928. The molecule has 4 saturated heterocycles. The molecule has 0 spiro atoms. The zero-order valence-corrected chi connectivity index (χ0v) is 23.2. The van der Waals surface area contributed by atoms with E-state index in [9.17, 15) is 14.4 Å². The molecule has 0 aliphatic carbocycles. The van der Waals surface area contributed by atoms with Crippen molar-refractivity contribution >= 4 is 18.2 Å². The van der Waals surface area contributed by atoms with Gasteiger partial charge in [-0.2, -0.15) is 0 Å². The molecule has 3 aromatic carbocycles. The minimum absolute atomic E-state index is 0.0401. The van der Waals surface area contributed by atoms with Crippen LogP contribution < -0.4 is 4.74 Å². The maximum atomic E-state index is 13.9. The maximum Gasteiger partial charge on any atom is 0.317 e. The molecule has 212 valence electrons. The zero-order chi connectivity index (χ0) is 28.2. The number of nitrogens with zero attached hydrogens (tertiary/aromatic N) is 2. The first kappa shape index (κ1) is 27.2. The molecule has 4 fully saturated rings. The number of likely N-dealkylation sites (tertiary alicyclic amines) is 1. The number of ether oxygens (including phenoxy) is 2. The normalized spacial score (nSPS) is 23.0. The van der Waals surface area contributed by atoms with Crippen molar-refractivity contribution in [2.45, 2.75) is 43.8 Å². The van der Waals surface area contributed by atoms with Crippen LogP contribution in [0.5, 0.6) is 5.75 Å². The molecule has 0 radical (unpaired) electrons. The lowest BCUT2D eigenvalue weighted by molar-refractivity contribution is -0.167. The predicted molar refractivity (Wildman–Crippen MR) is 155 cm³/mol. The number of rotatable bonds is 8. The molecule has 7 heteroatoms. The highest BCUT2D eigenvalue weighted by Crippen LogP contribution is 2.39. The molecule has 4 aliphatic heterocycles. The van der Waals surface area contributed by atoms with Crippen molar-refractivity contribution in [3.8, 4) is 5.75 Å². The fraction of sp³-hybridized carbons (Fsp3) is 0.382. The number of hydrogen-bond acceptors (Lipinski definition) is 6. The smallest absolute Gasteiger partial charge is 0.317 e. The average Bonchev–Trinajstić information content (AvgIpc) is 3.05. The number of aldehydes is 1. The van der Waals surface area contributed by atoms with Gasteiger partial charge in [0, 0.05) is 30.8 Å². The van der Waals surface area contributed by atoms with E-state index in [2.05, 4.69) is 4.90 Å². The van der Waals surface area contributed by atoms with E-state index in [0.717, 1.165) is 49.9 Å². The van der Waals surface area contributed by atoms with Crippen LogP contribution in [0.25, 0.3) is 0 Å². The standard InChI is InChI=1S/C34H36N2O5/c37-23-25-6-8-26(9-7-25)24-40-30-12-10-28(11-13-30)32(38)36-20-16-34(17-21-36,29-4-2-1-3-5-29)33(39)41-31-22-35-18-14-27(31)15-19-35/h1-13,23,27,31H,14-22,24H2/t31-/m0/s1. The van der Waals surface area contributed by atoms with Gasteiger partial charge < -0.3 is 14.4 Å². The third-order valence-electron chi connectivity index (χ3n) is 9.10. The maximum absolute atomic E-state index is 13.9. The SMILES string of the molecule is O=Cc1ccc(COc2ccc(C(=O)N3CCC(C(=O)O[C@H]4CN5CCC4CC5)(c4ccccc4)CC3)cc2)cc1. The number of piperidine rings is 4. The highest BCUT2D eigenvalue weighted by atomic mass is 16.5. The Morgan fingerprint density at radius 1 is 0.854 bits per heavy atom. The molecule has 0 unspecified atom stereocenters. The van der Waals surface area contributed by atoms with Crippen LogP contribution in [-0.2, 0) is 21.6 Å². The second-order valence-electron chi connectivity index (χ2n) is 11.5. The third-order valence-corrected chi connectivity index (χ3v) is 9.10. The van der Waals surface area contributed by atoms with Crippen LogP contribution >= 0.6 is 0 Å². The first-order chi connectivity index (χ1) is 20.0. The van der Waals surface area contributed by atoms with Gasteiger partial charge in [-0.25, -0.2) is 0 Å². The van der Waals surface area contributed by atoms with Crippen LogP contribution in [0.2, 0.25) is 0 Å².